The number of aliphatic hydroxyl groups is 1. The zero-order valence-corrected chi connectivity index (χ0v) is 20.6. The predicted octanol–water partition coefficient (Wildman–Crippen LogP) is 4.28. The number of hydrogen-bond acceptors (Lipinski definition) is 5. The first-order valence-electron chi connectivity index (χ1n) is 12.7. The van der Waals surface area contributed by atoms with Gasteiger partial charge in [-0.2, -0.15) is 5.26 Å². The highest BCUT2D eigenvalue weighted by Gasteiger charge is 2.41. The molecule has 0 aromatic heterocycles. The van der Waals surface area contributed by atoms with Gasteiger partial charge in [0.1, 0.15) is 11.4 Å². The molecule has 1 unspecified atom stereocenters. The normalized spacial score (nSPS) is 22.7. The lowest BCUT2D eigenvalue weighted by molar-refractivity contribution is -0.118. The standard InChI is InChI=1S/C30H31FN4O2/c31-25-12-11-24(30(33,14-13-20-9-10-20)23-8-4-5-21(15-23)18-32)16-26(25)35-28(36)27-17-29(37,19-34-27)22-6-2-1-3-7-22/h1-8,11-12,15-16,20,27,34,37H,9-10,13-14,17,19,33H2,(H,35,36)/t27-,29-,30?/m1/s1. The maximum absolute atomic E-state index is 14.9. The number of β-amino-alcohol motifs (C(OH)–C–C–N with tert-alkyl or cyclic N) is 1. The maximum atomic E-state index is 14.9. The number of carbonyl (C=O) groups excluding carboxylic acids is 1. The molecule has 3 aromatic carbocycles. The summed E-state index contributed by atoms with van der Waals surface area (Å²) < 4.78 is 14.9. The molecule has 1 saturated heterocycles. The summed E-state index contributed by atoms with van der Waals surface area (Å²) in [5, 5.41) is 26.3. The van der Waals surface area contributed by atoms with Crippen molar-refractivity contribution in [2.45, 2.75) is 49.3 Å². The van der Waals surface area contributed by atoms with Gasteiger partial charge in [-0.25, -0.2) is 4.39 Å². The highest BCUT2D eigenvalue weighted by Crippen LogP contribution is 2.41. The van der Waals surface area contributed by atoms with Gasteiger partial charge < -0.3 is 21.5 Å². The smallest absolute Gasteiger partial charge is 0.241 e. The number of rotatable bonds is 8. The number of anilines is 1. The molecule has 0 bridgehead atoms. The molecule has 2 aliphatic rings. The van der Waals surface area contributed by atoms with E-state index in [-0.39, 0.29) is 18.7 Å². The third-order valence-corrected chi connectivity index (χ3v) is 7.70. The minimum absolute atomic E-state index is 0.0390. The number of nitrogens with one attached hydrogen (secondary N) is 2. The molecule has 0 spiro atoms. The van der Waals surface area contributed by atoms with Crippen molar-refractivity contribution < 1.29 is 14.3 Å². The molecule has 2 fully saturated rings. The summed E-state index contributed by atoms with van der Waals surface area (Å²) in [7, 11) is 0. The largest absolute Gasteiger partial charge is 0.384 e. The minimum Gasteiger partial charge on any atom is -0.384 e. The average Bonchev–Trinajstić information content (AvgIpc) is 3.67. The second kappa shape index (κ2) is 10.1. The fraction of sp³-hybridized carbons (Fsp3) is 0.333. The van der Waals surface area contributed by atoms with Crippen molar-refractivity contribution in [2.75, 3.05) is 11.9 Å². The van der Waals surface area contributed by atoms with Crippen LogP contribution in [-0.2, 0) is 15.9 Å². The first-order chi connectivity index (χ1) is 17.8. The molecule has 1 aliphatic heterocycles. The summed E-state index contributed by atoms with van der Waals surface area (Å²) in [5.41, 5.74) is 7.63. The van der Waals surface area contributed by atoms with Crippen LogP contribution in [0.25, 0.3) is 0 Å². The molecule has 0 radical (unpaired) electrons. The highest BCUT2D eigenvalue weighted by atomic mass is 19.1. The van der Waals surface area contributed by atoms with Crippen molar-refractivity contribution in [3.63, 3.8) is 0 Å². The van der Waals surface area contributed by atoms with E-state index in [9.17, 15) is 19.6 Å². The van der Waals surface area contributed by atoms with Gasteiger partial charge in [-0.1, -0.05) is 61.4 Å². The number of nitriles is 1. The van der Waals surface area contributed by atoms with Crippen molar-refractivity contribution in [3.05, 3.63) is 101 Å². The van der Waals surface area contributed by atoms with Gasteiger partial charge in [-0.3, -0.25) is 4.79 Å². The van der Waals surface area contributed by atoms with Crippen LogP contribution in [0.5, 0.6) is 0 Å². The van der Waals surface area contributed by atoms with Gasteiger partial charge in [0.15, 0.2) is 0 Å². The first kappa shape index (κ1) is 25.1. The van der Waals surface area contributed by atoms with E-state index in [1.807, 2.05) is 36.4 Å². The van der Waals surface area contributed by atoms with Gasteiger partial charge in [0, 0.05) is 13.0 Å². The van der Waals surface area contributed by atoms with Crippen LogP contribution >= 0.6 is 0 Å². The van der Waals surface area contributed by atoms with Gasteiger partial charge in [0.05, 0.1) is 28.9 Å². The van der Waals surface area contributed by atoms with Crippen LogP contribution < -0.4 is 16.4 Å². The van der Waals surface area contributed by atoms with Crippen LogP contribution in [0.2, 0.25) is 0 Å². The maximum Gasteiger partial charge on any atom is 0.241 e. The van der Waals surface area contributed by atoms with Gasteiger partial charge in [-0.15, -0.1) is 0 Å². The van der Waals surface area contributed by atoms with Gasteiger partial charge in [0.2, 0.25) is 5.91 Å². The summed E-state index contributed by atoms with van der Waals surface area (Å²) in [6, 6.07) is 22.5. The molecule has 1 aliphatic carbocycles. The van der Waals surface area contributed by atoms with Crippen molar-refractivity contribution >= 4 is 11.6 Å². The summed E-state index contributed by atoms with van der Waals surface area (Å²) in [6.45, 7) is 0.222. The van der Waals surface area contributed by atoms with Gasteiger partial charge in [0.25, 0.3) is 0 Å². The molecule has 7 heteroatoms. The Bertz CT molecular complexity index is 1340. The monoisotopic (exact) mass is 498 g/mol. The van der Waals surface area contributed by atoms with Crippen molar-refractivity contribution in [2.24, 2.45) is 11.7 Å². The van der Waals surface area contributed by atoms with Crippen LogP contribution in [0.1, 0.15) is 54.4 Å². The molecule has 190 valence electrons. The molecule has 1 heterocycles. The fourth-order valence-corrected chi connectivity index (χ4v) is 5.21. The Morgan fingerprint density at radius 3 is 2.62 bits per heavy atom. The van der Waals surface area contributed by atoms with E-state index in [0.29, 0.717) is 23.5 Å². The molecule has 3 aromatic rings. The molecule has 5 rings (SSSR count). The number of nitrogens with two attached hydrogens (primary N) is 1. The fourth-order valence-electron chi connectivity index (χ4n) is 5.21. The molecule has 1 amide bonds. The Kier molecular flexibility index (Phi) is 6.82. The Labute approximate surface area is 216 Å². The summed E-state index contributed by atoms with van der Waals surface area (Å²) in [6.07, 6.45) is 4.11. The molecular weight excluding hydrogens is 467 g/mol. The second-order valence-electron chi connectivity index (χ2n) is 10.4. The number of amides is 1. The van der Waals surface area contributed by atoms with E-state index in [0.717, 1.165) is 17.5 Å². The summed E-state index contributed by atoms with van der Waals surface area (Å²) >= 11 is 0. The number of nitrogens with zero attached hydrogens (tertiary/aromatic N) is 1. The average molecular weight is 499 g/mol. The van der Waals surface area contributed by atoms with Crippen LogP contribution in [0.3, 0.4) is 0 Å². The molecular formula is C30H31FN4O2. The Balaban J connectivity index is 1.39. The zero-order valence-electron chi connectivity index (χ0n) is 20.6. The predicted molar refractivity (Wildman–Crippen MR) is 140 cm³/mol. The van der Waals surface area contributed by atoms with Crippen LogP contribution in [0.15, 0.2) is 72.8 Å². The van der Waals surface area contributed by atoms with Crippen LogP contribution in [0, 0.1) is 23.1 Å². The van der Waals surface area contributed by atoms with E-state index in [1.54, 1.807) is 30.3 Å². The van der Waals surface area contributed by atoms with Crippen molar-refractivity contribution in [1.29, 1.82) is 5.26 Å². The summed E-state index contributed by atoms with van der Waals surface area (Å²) in [4.78, 5) is 13.1. The molecule has 5 N–H and O–H groups in total. The molecule has 37 heavy (non-hydrogen) atoms. The van der Waals surface area contributed by atoms with E-state index >= 15 is 0 Å². The van der Waals surface area contributed by atoms with Crippen LogP contribution in [0.4, 0.5) is 10.1 Å². The van der Waals surface area contributed by atoms with E-state index in [2.05, 4.69) is 16.7 Å². The Morgan fingerprint density at radius 1 is 1.14 bits per heavy atom. The van der Waals surface area contributed by atoms with Crippen molar-refractivity contribution in [1.82, 2.24) is 5.32 Å². The number of benzene rings is 3. The lowest BCUT2D eigenvalue weighted by Gasteiger charge is -2.32. The van der Waals surface area contributed by atoms with E-state index < -0.39 is 28.9 Å². The summed E-state index contributed by atoms with van der Waals surface area (Å²) in [5.74, 6) is -0.350. The molecule has 3 atom stereocenters. The first-order valence-corrected chi connectivity index (χ1v) is 12.7. The topological polar surface area (TPSA) is 111 Å². The number of hydrogen-bond donors (Lipinski definition) is 4. The lowest BCUT2D eigenvalue weighted by atomic mass is 9.79. The Morgan fingerprint density at radius 2 is 1.89 bits per heavy atom. The minimum atomic E-state index is -1.18. The van der Waals surface area contributed by atoms with Crippen molar-refractivity contribution in [3.8, 4) is 6.07 Å². The van der Waals surface area contributed by atoms with Gasteiger partial charge in [-0.05, 0) is 59.7 Å². The Hall–Kier alpha value is -3.57. The highest BCUT2D eigenvalue weighted by molar-refractivity contribution is 5.95. The zero-order chi connectivity index (χ0) is 26.0. The third-order valence-electron chi connectivity index (χ3n) is 7.70. The second-order valence-corrected chi connectivity index (χ2v) is 10.4. The SMILES string of the molecule is N#Cc1cccc(C(N)(CCC2CC2)c2ccc(F)c(NC(=O)[C@H]3C[C@](O)(c4ccccc4)CN3)c2)c1. The molecule has 6 nitrogen and oxygen atoms in total. The molecule has 1 saturated carbocycles. The van der Waals surface area contributed by atoms with E-state index in [4.69, 9.17) is 5.73 Å². The van der Waals surface area contributed by atoms with Gasteiger partial charge >= 0.3 is 0 Å². The quantitative estimate of drug-likeness (QED) is 0.371. The van der Waals surface area contributed by atoms with E-state index in [1.165, 1.54) is 18.9 Å². The number of halogens is 1. The lowest BCUT2D eigenvalue weighted by Crippen LogP contribution is -2.39. The third kappa shape index (κ3) is 5.28. The van der Waals surface area contributed by atoms with Crippen LogP contribution in [-0.4, -0.2) is 23.6 Å². The number of carbonyl (C=O) groups is 1.